The molecule has 0 aliphatic heterocycles. The summed E-state index contributed by atoms with van der Waals surface area (Å²) in [5.41, 5.74) is 1.62. The second kappa shape index (κ2) is 4.53. The molecular formula is C9H12N4O. The molecule has 0 fully saturated rings. The van der Waals surface area contributed by atoms with Crippen molar-refractivity contribution in [3.05, 3.63) is 17.5 Å². The number of hydrogen-bond acceptors (Lipinski definition) is 5. The van der Waals surface area contributed by atoms with Gasteiger partial charge in [-0.15, -0.1) is 0 Å². The van der Waals surface area contributed by atoms with Crippen LogP contribution in [0.3, 0.4) is 0 Å². The average molecular weight is 192 g/mol. The van der Waals surface area contributed by atoms with E-state index >= 15 is 0 Å². The molecule has 0 aliphatic carbocycles. The molecule has 0 aromatic carbocycles. The summed E-state index contributed by atoms with van der Waals surface area (Å²) in [5.74, 6) is 0.346. The Bertz CT molecular complexity index is 338. The Hall–Kier alpha value is -1.67. The molecule has 0 saturated heterocycles. The number of nitriles is 1. The SMILES string of the molecule is Cc1cc(C)nc(N(C#N)CCO)n1. The normalized spacial score (nSPS) is 9.57. The second-order valence-electron chi connectivity index (χ2n) is 2.93. The van der Waals surface area contributed by atoms with Gasteiger partial charge in [0.25, 0.3) is 0 Å². The fraction of sp³-hybridized carbons (Fsp3) is 0.444. The van der Waals surface area contributed by atoms with E-state index in [1.54, 1.807) is 0 Å². The maximum atomic E-state index is 8.78. The van der Waals surface area contributed by atoms with E-state index in [0.29, 0.717) is 5.95 Å². The monoisotopic (exact) mass is 192 g/mol. The molecule has 0 bridgehead atoms. The Labute approximate surface area is 82.6 Å². The third-order valence-corrected chi connectivity index (χ3v) is 1.66. The third kappa shape index (κ3) is 2.41. The molecule has 1 aromatic rings. The van der Waals surface area contributed by atoms with Crippen molar-refractivity contribution in [1.82, 2.24) is 9.97 Å². The van der Waals surface area contributed by atoms with Gasteiger partial charge in [0.2, 0.25) is 5.95 Å². The summed E-state index contributed by atoms with van der Waals surface area (Å²) >= 11 is 0. The zero-order valence-electron chi connectivity index (χ0n) is 8.23. The minimum atomic E-state index is -0.0933. The molecule has 74 valence electrons. The molecule has 1 N–H and O–H groups in total. The third-order valence-electron chi connectivity index (χ3n) is 1.66. The number of anilines is 1. The number of aryl methyl sites for hydroxylation is 2. The summed E-state index contributed by atoms with van der Waals surface area (Å²) in [7, 11) is 0. The van der Waals surface area contributed by atoms with Crippen molar-refractivity contribution in [3.8, 4) is 6.19 Å². The van der Waals surface area contributed by atoms with E-state index in [1.165, 1.54) is 4.90 Å². The minimum absolute atomic E-state index is 0.0933. The molecule has 0 amide bonds. The van der Waals surface area contributed by atoms with Crippen LogP contribution in [0.1, 0.15) is 11.4 Å². The molecule has 0 atom stereocenters. The summed E-state index contributed by atoms with van der Waals surface area (Å²) < 4.78 is 0. The summed E-state index contributed by atoms with van der Waals surface area (Å²) in [4.78, 5) is 9.47. The molecule has 14 heavy (non-hydrogen) atoms. The summed E-state index contributed by atoms with van der Waals surface area (Å²) in [5, 5.41) is 17.5. The lowest BCUT2D eigenvalue weighted by Crippen LogP contribution is -2.23. The summed E-state index contributed by atoms with van der Waals surface area (Å²) in [6.45, 7) is 3.81. The Balaban J connectivity index is 2.99. The van der Waals surface area contributed by atoms with E-state index in [0.717, 1.165) is 11.4 Å². The van der Waals surface area contributed by atoms with Crippen molar-refractivity contribution in [2.75, 3.05) is 18.1 Å². The largest absolute Gasteiger partial charge is 0.394 e. The summed E-state index contributed by atoms with van der Waals surface area (Å²) in [6.07, 6.45) is 1.92. The van der Waals surface area contributed by atoms with Gasteiger partial charge in [0.1, 0.15) is 0 Å². The van der Waals surface area contributed by atoms with Crippen LogP contribution in [-0.4, -0.2) is 28.2 Å². The molecule has 5 nitrogen and oxygen atoms in total. The van der Waals surface area contributed by atoms with Gasteiger partial charge >= 0.3 is 0 Å². The molecular weight excluding hydrogens is 180 g/mol. The van der Waals surface area contributed by atoms with Crippen LogP contribution >= 0.6 is 0 Å². The van der Waals surface area contributed by atoms with Crippen molar-refractivity contribution < 1.29 is 5.11 Å². The van der Waals surface area contributed by atoms with Crippen LogP contribution in [0.15, 0.2) is 6.07 Å². The van der Waals surface area contributed by atoms with E-state index < -0.39 is 0 Å². The zero-order valence-corrected chi connectivity index (χ0v) is 8.23. The second-order valence-corrected chi connectivity index (χ2v) is 2.93. The molecule has 0 spiro atoms. The molecule has 1 aromatic heterocycles. The van der Waals surface area contributed by atoms with Gasteiger partial charge in [-0.05, 0) is 19.9 Å². The maximum absolute atomic E-state index is 8.78. The van der Waals surface area contributed by atoms with E-state index in [9.17, 15) is 0 Å². The lowest BCUT2D eigenvalue weighted by Gasteiger charge is -2.12. The first kappa shape index (κ1) is 10.4. The summed E-state index contributed by atoms with van der Waals surface area (Å²) in [6, 6.07) is 1.83. The van der Waals surface area contributed by atoms with Crippen LogP contribution in [0.2, 0.25) is 0 Å². The van der Waals surface area contributed by atoms with Crippen molar-refractivity contribution in [1.29, 1.82) is 5.26 Å². The molecule has 1 rings (SSSR count). The number of nitrogens with zero attached hydrogens (tertiary/aromatic N) is 4. The van der Waals surface area contributed by atoms with Gasteiger partial charge < -0.3 is 5.11 Å². The number of aromatic nitrogens is 2. The number of hydrogen-bond donors (Lipinski definition) is 1. The topological polar surface area (TPSA) is 73.0 Å². The van der Waals surface area contributed by atoms with Gasteiger partial charge in [0, 0.05) is 11.4 Å². The highest BCUT2D eigenvalue weighted by Crippen LogP contribution is 2.08. The Morgan fingerprint density at radius 1 is 1.43 bits per heavy atom. The van der Waals surface area contributed by atoms with Gasteiger partial charge in [-0.1, -0.05) is 0 Å². The highest BCUT2D eigenvalue weighted by molar-refractivity contribution is 5.37. The smallest absolute Gasteiger partial charge is 0.239 e. The van der Waals surface area contributed by atoms with E-state index in [4.69, 9.17) is 10.4 Å². The van der Waals surface area contributed by atoms with Crippen LogP contribution in [0, 0.1) is 25.3 Å². The first-order valence-electron chi connectivity index (χ1n) is 4.28. The molecule has 0 radical (unpaired) electrons. The molecule has 0 saturated carbocycles. The van der Waals surface area contributed by atoms with Gasteiger partial charge in [0.15, 0.2) is 6.19 Å². The zero-order chi connectivity index (χ0) is 10.6. The molecule has 5 heteroatoms. The number of aliphatic hydroxyl groups is 1. The van der Waals surface area contributed by atoms with Gasteiger partial charge in [-0.25, -0.2) is 14.9 Å². The van der Waals surface area contributed by atoms with Crippen LogP contribution < -0.4 is 4.90 Å². The van der Waals surface area contributed by atoms with E-state index in [2.05, 4.69) is 9.97 Å². The van der Waals surface area contributed by atoms with Crippen LogP contribution in [0.5, 0.6) is 0 Å². The molecule has 0 aliphatic rings. The Morgan fingerprint density at radius 3 is 2.43 bits per heavy atom. The van der Waals surface area contributed by atoms with Gasteiger partial charge in [0.05, 0.1) is 13.2 Å². The predicted octanol–water partition coefficient (Wildman–Crippen LogP) is 0.373. The van der Waals surface area contributed by atoms with Crippen molar-refractivity contribution in [2.45, 2.75) is 13.8 Å². The number of rotatable bonds is 3. The van der Waals surface area contributed by atoms with Crippen molar-refractivity contribution >= 4 is 5.95 Å². The first-order chi connectivity index (χ1) is 6.67. The average Bonchev–Trinajstić information content (AvgIpc) is 2.12. The molecule has 1 heterocycles. The van der Waals surface area contributed by atoms with Crippen molar-refractivity contribution in [2.24, 2.45) is 0 Å². The van der Waals surface area contributed by atoms with Crippen LogP contribution in [0.4, 0.5) is 5.95 Å². The van der Waals surface area contributed by atoms with Crippen molar-refractivity contribution in [3.63, 3.8) is 0 Å². The first-order valence-corrected chi connectivity index (χ1v) is 4.28. The Morgan fingerprint density at radius 2 is 2.00 bits per heavy atom. The minimum Gasteiger partial charge on any atom is -0.394 e. The highest BCUT2D eigenvalue weighted by atomic mass is 16.3. The Kier molecular flexibility index (Phi) is 3.37. The van der Waals surface area contributed by atoms with Crippen LogP contribution in [-0.2, 0) is 0 Å². The van der Waals surface area contributed by atoms with E-state index in [1.807, 2.05) is 26.1 Å². The number of aliphatic hydroxyl groups excluding tert-OH is 1. The molecule has 0 unspecified atom stereocenters. The van der Waals surface area contributed by atoms with Gasteiger partial charge in [-0.3, -0.25) is 0 Å². The highest BCUT2D eigenvalue weighted by Gasteiger charge is 2.08. The quantitative estimate of drug-likeness (QED) is 0.553. The maximum Gasteiger partial charge on any atom is 0.239 e. The van der Waals surface area contributed by atoms with Crippen LogP contribution in [0.25, 0.3) is 0 Å². The van der Waals surface area contributed by atoms with Gasteiger partial charge in [-0.2, -0.15) is 5.26 Å². The fourth-order valence-corrected chi connectivity index (χ4v) is 1.12. The lowest BCUT2D eigenvalue weighted by atomic mass is 10.3. The van der Waals surface area contributed by atoms with E-state index in [-0.39, 0.29) is 13.2 Å². The standard InChI is InChI=1S/C9H12N4O/c1-7-5-8(2)12-9(11-7)13(6-10)3-4-14/h5,14H,3-4H2,1-2H3. The predicted molar refractivity (Wildman–Crippen MR) is 51.6 cm³/mol. The fourth-order valence-electron chi connectivity index (χ4n) is 1.12. The lowest BCUT2D eigenvalue weighted by molar-refractivity contribution is 0.305.